The van der Waals surface area contributed by atoms with Gasteiger partial charge in [0, 0.05) is 13.7 Å². The number of hydrogen-bond acceptors (Lipinski definition) is 6. The number of carbonyl (C=O) groups is 1. The number of rotatable bonds is 6. The third kappa shape index (κ3) is 3.36. The zero-order valence-corrected chi connectivity index (χ0v) is 12.8. The van der Waals surface area contributed by atoms with E-state index in [0.29, 0.717) is 12.2 Å². The molecular weight excluding hydrogens is 298 g/mol. The number of nitrogens with one attached hydrogen (secondary N) is 1. The molecule has 0 saturated heterocycles. The van der Waals surface area contributed by atoms with Crippen molar-refractivity contribution < 1.29 is 14.3 Å². The average molecular weight is 316 g/mol. The van der Waals surface area contributed by atoms with Crippen molar-refractivity contribution in [3.63, 3.8) is 0 Å². The summed E-state index contributed by atoms with van der Waals surface area (Å²) in [5.74, 6) is -0.561. The molecule has 0 aromatic carbocycles. The van der Waals surface area contributed by atoms with Crippen molar-refractivity contribution in [2.45, 2.75) is 31.4 Å². The van der Waals surface area contributed by atoms with Gasteiger partial charge in [-0.1, -0.05) is 11.6 Å². The zero-order valence-electron chi connectivity index (χ0n) is 12.0. The normalized spacial score (nSPS) is 16.1. The van der Waals surface area contributed by atoms with E-state index < -0.39 is 11.5 Å². The number of methoxy groups -OCH3 is 2. The number of nitrogens with zero attached hydrogens (tertiary/aromatic N) is 2. The molecule has 1 N–H and O–H groups in total. The first-order valence-electron chi connectivity index (χ1n) is 6.63. The molecule has 0 amide bonds. The van der Waals surface area contributed by atoms with Gasteiger partial charge < -0.3 is 14.8 Å². The van der Waals surface area contributed by atoms with Crippen molar-refractivity contribution in [1.82, 2.24) is 9.78 Å². The number of carbonyl (C=O) groups excluding carboxylic acids is 1. The van der Waals surface area contributed by atoms with Gasteiger partial charge in [0.15, 0.2) is 0 Å². The van der Waals surface area contributed by atoms with Gasteiger partial charge in [-0.15, -0.1) is 0 Å². The molecule has 1 aromatic heterocycles. The molecule has 8 heteroatoms. The Kier molecular flexibility index (Phi) is 4.84. The van der Waals surface area contributed by atoms with Crippen molar-refractivity contribution in [1.29, 1.82) is 0 Å². The topological polar surface area (TPSA) is 82.5 Å². The van der Waals surface area contributed by atoms with Gasteiger partial charge in [0.25, 0.3) is 5.56 Å². The van der Waals surface area contributed by atoms with Gasteiger partial charge in [-0.05, 0) is 19.3 Å². The second-order valence-corrected chi connectivity index (χ2v) is 5.38. The highest BCUT2D eigenvalue weighted by Gasteiger charge is 2.36. The van der Waals surface area contributed by atoms with E-state index in [1.165, 1.54) is 13.3 Å². The third-order valence-electron chi connectivity index (χ3n) is 3.79. The highest BCUT2D eigenvalue weighted by Crippen LogP contribution is 2.35. The first-order valence-corrected chi connectivity index (χ1v) is 7.00. The van der Waals surface area contributed by atoms with Crippen molar-refractivity contribution in [2.24, 2.45) is 0 Å². The summed E-state index contributed by atoms with van der Waals surface area (Å²) < 4.78 is 10.9. The van der Waals surface area contributed by atoms with E-state index in [1.54, 1.807) is 7.11 Å². The zero-order chi connectivity index (χ0) is 15.5. The highest BCUT2D eigenvalue weighted by molar-refractivity contribution is 6.32. The van der Waals surface area contributed by atoms with Gasteiger partial charge in [-0.25, -0.2) is 4.68 Å². The molecule has 1 fully saturated rings. The first-order chi connectivity index (χ1) is 10.0. The van der Waals surface area contributed by atoms with Crippen molar-refractivity contribution >= 4 is 23.3 Å². The van der Waals surface area contributed by atoms with E-state index in [4.69, 9.17) is 16.3 Å². The molecule has 2 rings (SSSR count). The number of ether oxygens (including phenoxy) is 2. The Morgan fingerprint density at radius 2 is 2.24 bits per heavy atom. The predicted molar refractivity (Wildman–Crippen MR) is 77.6 cm³/mol. The maximum Gasteiger partial charge on any atom is 0.327 e. The minimum Gasteiger partial charge on any atom is -0.468 e. The Hall–Kier alpha value is -1.60. The Morgan fingerprint density at radius 3 is 2.76 bits per heavy atom. The fraction of sp³-hybridized carbons (Fsp3) is 0.615. The second-order valence-electron chi connectivity index (χ2n) is 5.01. The van der Waals surface area contributed by atoms with Crippen LogP contribution >= 0.6 is 11.6 Å². The van der Waals surface area contributed by atoms with Crippen LogP contribution in [0.1, 0.15) is 19.3 Å². The van der Waals surface area contributed by atoms with Crippen LogP contribution in [0, 0.1) is 0 Å². The monoisotopic (exact) mass is 315 g/mol. The molecule has 116 valence electrons. The number of anilines is 1. The van der Waals surface area contributed by atoms with E-state index in [2.05, 4.69) is 15.2 Å². The molecule has 0 radical (unpaired) electrons. The van der Waals surface area contributed by atoms with Crippen LogP contribution in [0.5, 0.6) is 0 Å². The smallest absolute Gasteiger partial charge is 0.327 e. The van der Waals surface area contributed by atoms with Crippen LogP contribution in [-0.4, -0.2) is 42.1 Å². The van der Waals surface area contributed by atoms with Crippen LogP contribution in [0.3, 0.4) is 0 Å². The molecule has 1 aliphatic rings. The molecule has 0 bridgehead atoms. The maximum atomic E-state index is 12.0. The number of aromatic nitrogens is 2. The summed E-state index contributed by atoms with van der Waals surface area (Å²) in [7, 11) is 2.92. The largest absolute Gasteiger partial charge is 0.468 e. The molecule has 1 heterocycles. The van der Waals surface area contributed by atoms with Gasteiger partial charge >= 0.3 is 5.97 Å². The Morgan fingerprint density at radius 1 is 1.52 bits per heavy atom. The molecule has 1 aliphatic carbocycles. The number of hydrogen-bond donors (Lipinski definition) is 1. The van der Waals surface area contributed by atoms with E-state index in [9.17, 15) is 9.59 Å². The van der Waals surface area contributed by atoms with Crippen molar-refractivity contribution in [3.05, 3.63) is 21.6 Å². The lowest BCUT2D eigenvalue weighted by molar-refractivity contribution is -0.141. The Bertz CT molecular complexity index is 578. The van der Waals surface area contributed by atoms with Crippen LogP contribution in [0.15, 0.2) is 11.0 Å². The van der Waals surface area contributed by atoms with Crippen LogP contribution < -0.4 is 10.9 Å². The summed E-state index contributed by atoms with van der Waals surface area (Å²) in [5, 5.41) is 7.01. The molecule has 21 heavy (non-hydrogen) atoms. The highest BCUT2D eigenvalue weighted by atomic mass is 35.5. The maximum absolute atomic E-state index is 12.0. The summed E-state index contributed by atoms with van der Waals surface area (Å²) in [4.78, 5) is 23.2. The lowest BCUT2D eigenvalue weighted by Gasteiger charge is -2.40. The van der Waals surface area contributed by atoms with Gasteiger partial charge in [0.05, 0.1) is 24.6 Å². The molecular formula is C13H18ClN3O4. The van der Waals surface area contributed by atoms with Crippen LogP contribution in [0.25, 0.3) is 0 Å². The van der Waals surface area contributed by atoms with E-state index in [1.807, 2.05) is 0 Å². The molecule has 7 nitrogen and oxygen atoms in total. The van der Waals surface area contributed by atoms with Gasteiger partial charge in [0.1, 0.15) is 11.6 Å². The SMILES string of the molecule is COC(=O)Cn1ncc(NCC2(OC)CCC2)c(Cl)c1=O. The summed E-state index contributed by atoms with van der Waals surface area (Å²) in [6.45, 7) is 0.294. The first kappa shape index (κ1) is 15.8. The Labute approximate surface area is 127 Å². The van der Waals surface area contributed by atoms with Crippen LogP contribution in [0.4, 0.5) is 5.69 Å². The lowest BCUT2D eigenvalue weighted by atomic mass is 9.80. The molecule has 1 aromatic rings. The van der Waals surface area contributed by atoms with E-state index in [0.717, 1.165) is 23.9 Å². The fourth-order valence-corrected chi connectivity index (χ4v) is 2.38. The average Bonchev–Trinajstić information content (AvgIpc) is 2.45. The summed E-state index contributed by atoms with van der Waals surface area (Å²) >= 11 is 6.03. The van der Waals surface area contributed by atoms with E-state index >= 15 is 0 Å². The quantitative estimate of drug-likeness (QED) is 0.790. The summed E-state index contributed by atoms with van der Waals surface area (Å²) in [6, 6.07) is 0. The van der Waals surface area contributed by atoms with Gasteiger partial charge in [0.2, 0.25) is 0 Å². The van der Waals surface area contributed by atoms with Gasteiger partial charge in [-0.3, -0.25) is 9.59 Å². The van der Waals surface area contributed by atoms with Crippen LogP contribution in [-0.2, 0) is 20.8 Å². The minimum atomic E-state index is -0.561. The standard InChI is InChI=1S/C13H18ClN3O4/c1-20-10(18)7-17-12(19)11(14)9(6-16-17)15-8-13(21-2)4-3-5-13/h6,15H,3-5,7-8H2,1-2H3. The molecule has 0 atom stereocenters. The Balaban J connectivity index is 2.09. The molecule has 1 saturated carbocycles. The minimum absolute atomic E-state index is 0.000482. The lowest BCUT2D eigenvalue weighted by Crippen LogP contribution is -2.45. The van der Waals surface area contributed by atoms with Gasteiger partial charge in [-0.2, -0.15) is 5.10 Å². The summed E-state index contributed by atoms with van der Waals surface area (Å²) in [5.41, 5.74) is -0.289. The van der Waals surface area contributed by atoms with Crippen molar-refractivity contribution in [3.8, 4) is 0 Å². The van der Waals surface area contributed by atoms with Crippen LogP contribution in [0.2, 0.25) is 5.02 Å². The molecule has 0 spiro atoms. The van der Waals surface area contributed by atoms with Crippen molar-refractivity contribution in [2.75, 3.05) is 26.1 Å². The number of halogens is 1. The fourth-order valence-electron chi connectivity index (χ4n) is 2.17. The third-order valence-corrected chi connectivity index (χ3v) is 4.16. The number of esters is 1. The summed E-state index contributed by atoms with van der Waals surface area (Å²) in [6.07, 6.45) is 4.50. The second kappa shape index (κ2) is 6.44. The van der Waals surface area contributed by atoms with E-state index in [-0.39, 0.29) is 17.2 Å². The molecule has 0 aliphatic heterocycles. The molecule has 0 unspecified atom stereocenters. The predicted octanol–water partition coefficient (Wildman–Crippen LogP) is 1.05.